The van der Waals surface area contributed by atoms with Crippen molar-refractivity contribution in [2.24, 2.45) is 7.05 Å². The lowest BCUT2D eigenvalue weighted by Gasteiger charge is -2.04. The molecule has 1 unspecified atom stereocenters. The van der Waals surface area contributed by atoms with Gasteiger partial charge in [-0.3, -0.25) is 0 Å². The number of rotatable bonds is 2. The van der Waals surface area contributed by atoms with Crippen molar-refractivity contribution in [3.8, 4) is 0 Å². The van der Waals surface area contributed by atoms with E-state index in [-0.39, 0.29) is 5.22 Å². The van der Waals surface area contributed by atoms with Crippen molar-refractivity contribution in [1.82, 2.24) is 9.55 Å². The Labute approximate surface area is 85.7 Å². The lowest BCUT2D eigenvalue weighted by Crippen LogP contribution is -1.98. The average Bonchev–Trinajstić information content (AvgIpc) is 2.73. The molecule has 2 aromatic rings. The van der Waals surface area contributed by atoms with Crippen molar-refractivity contribution in [3.63, 3.8) is 0 Å². The zero-order valence-electron chi connectivity index (χ0n) is 7.51. The highest BCUT2D eigenvalue weighted by Crippen LogP contribution is 2.27. The minimum absolute atomic E-state index is 0.197. The third-order valence-corrected chi connectivity index (χ3v) is 2.25. The SMILES string of the molecule is Cn1cnc(C(O)c2ccoc2Cl)c1. The number of furan rings is 1. The van der Waals surface area contributed by atoms with E-state index in [1.165, 1.54) is 6.26 Å². The normalized spacial score (nSPS) is 13.1. The largest absolute Gasteiger partial charge is 0.453 e. The summed E-state index contributed by atoms with van der Waals surface area (Å²) < 4.78 is 6.64. The number of imidazole rings is 1. The Bertz CT molecular complexity index is 435. The Hall–Kier alpha value is -1.26. The fraction of sp³-hybridized carbons (Fsp3) is 0.222. The molecule has 0 amide bonds. The minimum atomic E-state index is -0.831. The van der Waals surface area contributed by atoms with E-state index >= 15 is 0 Å². The molecule has 5 heteroatoms. The number of halogens is 1. The maximum atomic E-state index is 9.85. The van der Waals surface area contributed by atoms with Gasteiger partial charge in [-0.15, -0.1) is 0 Å². The lowest BCUT2D eigenvalue weighted by molar-refractivity contribution is 0.215. The van der Waals surface area contributed by atoms with E-state index in [0.717, 1.165) is 0 Å². The van der Waals surface area contributed by atoms with Gasteiger partial charge in [0, 0.05) is 18.8 Å². The molecule has 1 N–H and O–H groups in total. The van der Waals surface area contributed by atoms with E-state index in [2.05, 4.69) is 4.98 Å². The molecule has 0 radical (unpaired) electrons. The maximum Gasteiger partial charge on any atom is 0.199 e. The van der Waals surface area contributed by atoms with Crippen LogP contribution in [0.3, 0.4) is 0 Å². The quantitative estimate of drug-likeness (QED) is 0.825. The Morgan fingerprint density at radius 2 is 2.43 bits per heavy atom. The van der Waals surface area contributed by atoms with Gasteiger partial charge < -0.3 is 14.1 Å². The molecule has 0 saturated carbocycles. The first-order valence-corrected chi connectivity index (χ1v) is 4.45. The number of hydrogen-bond donors (Lipinski definition) is 1. The van der Waals surface area contributed by atoms with E-state index < -0.39 is 6.10 Å². The summed E-state index contributed by atoms with van der Waals surface area (Å²) in [6, 6.07) is 1.63. The van der Waals surface area contributed by atoms with Crippen LogP contribution in [0.25, 0.3) is 0 Å². The number of hydrogen-bond acceptors (Lipinski definition) is 3. The van der Waals surface area contributed by atoms with Crippen LogP contribution in [-0.4, -0.2) is 14.7 Å². The smallest absolute Gasteiger partial charge is 0.199 e. The summed E-state index contributed by atoms with van der Waals surface area (Å²) in [4.78, 5) is 4.03. The van der Waals surface area contributed by atoms with Crippen molar-refractivity contribution in [3.05, 3.63) is 41.3 Å². The van der Waals surface area contributed by atoms with E-state index in [1.807, 2.05) is 7.05 Å². The summed E-state index contributed by atoms with van der Waals surface area (Å²) in [5, 5.41) is 10.1. The molecule has 0 fully saturated rings. The molecular formula is C9H9ClN2O2. The zero-order valence-corrected chi connectivity index (χ0v) is 8.27. The summed E-state index contributed by atoms with van der Waals surface area (Å²) in [6.07, 6.45) is 3.95. The van der Waals surface area contributed by atoms with Gasteiger partial charge in [0.05, 0.1) is 18.3 Å². The van der Waals surface area contributed by atoms with Crippen LogP contribution in [-0.2, 0) is 7.05 Å². The molecule has 0 saturated heterocycles. The number of nitrogens with zero attached hydrogens (tertiary/aromatic N) is 2. The van der Waals surface area contributed by atoms with Gasteiger partial charge in [-0.2, -0.15) is 0 Å². The van der Waals surface area contributed by atoms with Crippen LogP contribution in [0.4, 0.5) is 0 Å². The molecule has 2 heterocycles. The predicted octanol–water partition coefficient (Wildman–Crippen LogP) is 1.75. The third kappa shape index (κ3) is 1.54. The first-order chi connectivity index (χ1) is 6.68. The molecule has 1 atom stereocenters. The zero-order chi connectivity index (χ0) is 10.1. The summed E-state index contributed by atoms with van der Waals surface area (Å²) in [5.41, 5.74) is 1.08. The molecule has 2 rings (SSSR count). The Balaban J connectivity index is 2.33. The van der Waals surface area contributed by atoms with E-state index in [0.29, 0.717) is 11.3 Å². The van der Waals surface area contributed by atoms with Gasteiger partial charge in [0.2, 0.25) is 0 Å². The molecule has 0 aromatic carbocycles. The molecule has 0 bridgehead atoms. The van der Waals surface area contributed by atoms with Crippen LogP contribution in [0.5, 0.6) is 0 Å². The number of aromatic nitrogens is 2. The second kappa shape index (κ2) is 3.48. The van der Waals surface area contributed by atoms with Crippen LogP contribution in [0.1, 0.15) is 17.4 Å². The topological polar surface area (TPSA) is 51.2 Å². The second-order valence-corrected chi connectivity index (χ2v) is 3.36. The minimum Gasteiger partial charge on any atom is -0.453 e. The van der Waals surface area contributed by atoms with Crippen LogP contribution < -0.4 is 0 Å². The Kier molecular flexibility index (Phi) is 2.31. The van der Waals surface area contributed by atoms with E-state index in [1.54, 1.807) is 23.2 Å². The first kappa shape index (κ1) is 9.30. The highest BCUT2D eigenvalue weighted by atomic mass is 35.5. The number of aryl methyl sites for hydroxylation is 1. The summed E-state index contributed by atoms with van der Waals surface area (Å²) in [7, 11) is 1.83. The van der Waals surface area contributed by atoms with Crippen LogP contribution >= 0.6 is 11.6 Å². The monoisotopic (exact) mass is 212 g/mol. The lowest BCUT2D eigenvalue weighted by atomic mass is 10.1. The molecule has 14 heavy (non-hydrogen) atoms. The predicted molar refractivity (Wildman–Crippen MR) is 51.0 cm³/mol. The summed E-state index contributed by atoms with van der Waals surface area (Å²) in [5.74, 6) is 0. The Morgan fingerprint density at radius 1 is 1.64 bits per heavy atom. The molecule has 2 aromatic heterocycles. The van der Waals surface area contributed by atoms with Crippen molar-refractivity contribution in [2.45, 2.75) is 6.10 Å². The van der Waals surface area contributed by atoms with Gasteiger partial charge in [0.25, 0.3) is 0 Å². The van der Waals surface area contributed by atoms with Crippen LogP contribution in [0.15, 0.2) is 29.3 Å². The summed E-state index contributed by atoms with van der Waals surface area (Å²) in [6.45, 7) is 0. The molecular weight excluding hydrogens is 204 g/mol. The highest BCUT2D eigenvalue weighted by Gasteiger charge is 2.17. The fourth-order valence-corrected chi connectivity index (χ4v) is 1.45. The summed E-state index contributed by atoms with van der Waals surface area (Å²) >= 11 is 5.73. The van der Waals surface area contributed by atoms with Gasteiger partial charge in [-0.1, -0.05) is 0 Å². The Morgan fingerprint density at radius 3 is 2.93 bits per heavy atom. The molecule has 0 spiro atoms. The molecule has 0 aliphatic rings. The average molecular weight is 213 g/mol. The first-order valence-electron chi connectivity index (χ1n) is 4.07. The van der Waals surface area contributed by atoms with Crippen molar-refractivity contribution in [1.29, 1.82) is 0 Å². The van der Waals surface area contributed by atoms with Crippen molar-refractivity contribution < 1.29 is 9.52 Å². The molecule has 4 nitrogen and oxygen atoms in total. The maximum absolute atomic E-state index is 9.85. The number of aliphatic hydroxyl groups excluding tert-OH is 1. The molecule has 74 valence electrons. The third-order valence-electron chi connectivity index (χ3n) is 1.95. The second-order valence-electron chi connectivity index (χ2n) is 3.02. The van der Waals surface area contributed by atoms with Gasteiger partial charge in [0.1, 0.15) is 6.10 Å². The van der Waals surface area contributed by atoms with Gasteiger partial charge in [-0.25, -0.2) is 4.98 Å². The standard InChI is InChI=1S/C9H9ClN2O2/c1-12-4-7(11-5-12)8(13)6-2-3-14-9(6)10/h2-5,8,13H,1H3. The van der Waals surface area contributed by atoms with Crippen LogP contribution in [0, 0.1) is 0 Å². The van der Waals surface area contributed by atoms with Crippen LogP contribution in [0.2, 0.25) is 5.22 Å². The van der Waals surface area contributed by atoms with Gasteiger partial charge in [-0.05, 0) is 17.7 Å². The highest BCUT2D eigenvalue weighted by molar-refractivity contribution is 6.29. The van der Waals surface area contributed by atoms with Gasteiger partial charge in [0.15, 0.2) is 5.22 Å². The van der Waals surface area contributed by atoms with E-state index in [9.17, 15) is 5.11 Å². The molecule has 0 aliphatic carbocycles. The fourth-order valence-electron chi connectivity index (χ4n) is 1.23. The van der Waals surface area contributed by atoms with Crippen molar-refractivity contribution >= 4 is 11.6 Å². The van der Waals surface area contributed by atoms with Gasteiger partial charge >= 0.3 is 0 Å². The van der Waals surface area contributed by atoms with E-state index in [4.69, 9.17) is 16.0 Å². The number of aliphatic hydroxyl groups is 1. The molecule has 0 aliphatic heterocycles. The van der Waals surface area contributed by atoms with Crippen molar-refractivity contribution in [2.75, 3.05) is 0 Å².